The normalized spacial score (nSPS) is 11.9. The van der Waals surface area contributed by atoms with Crippen molar-refractivity contribution in [3.05, 3.63) is 47.0 Å². The van der Waals surface area contributed by atoms with Gasteiger partial charge >= 0.3 is 0 Å². The number of methoxy groups -OCH3 is 2. The van der Waals surface area contributed by atoms with Crippen LogP contribution in [0.1, 0.15) is 16.7 Å². The molecule has 0 saturated heterocycles. The predicted molar refractivity (Wildman–Crippen MR) is 90.2 cm³/mol. The van der Waals surface area contributed by atoms with E-state index in [9.17, 15) is 4.21 Å². The van der Waals surface area contributed by atoms with Crippen molar-refractivity contribution in [1.29, 1.82) is 0 Å². The third-order valence-corrected chi connectivity index (χ3v) is 4.52. The van der Waals surface area contributed by atoms with Crippen LogP contribution < -0.4 is 14.2 Å². The lowest BCUT2D eigenvalue weighted by Crippen LogP contribution is -2.08. The van der Waals surface area contributed by atoms with Gasteiger partial charge in [0.15, 0.2) is 11.0 Å². The summed E-state index contributed by atoms with van der Waals surface area (Å²) in [5.41, 5.74) is 3.90. The van der Waals surface area contributed by atoms with Gasteiger partial charge in [0.1, 0.15) is 16.4 Å². The quantitative estimate of drug-likeness (QED) is 0.912. The summed E-state index contributed by atoms with van der Waals surface area (Å²) in [4.78, 5) is 0.597. The van der Waals surface area contributed by atoms with Crippen LogP contribution in [-0.4, -0.2) is 18.4 Å². The zero-order valence-electron chi connectivity index (χ0n) is 13.5. The Bertz CT molecular complexity index is 693. The van der Waals surface area contributed by atoms with Crippen LogP contribution in [0.3, 0.4) is 0 Å². The number of anilines is 1. The molecule has 118 valence electrons. The Kier molecular flexibility index (Phi) is 5.08. The molecule has 1 N–H and O–H groups in total. The molecule has 2 aromatic rings. The smallest absolute Gasteiger partial charge is 0.154 e. The third-order valence-electron chi connectivity index (χ3n) is 3.38. The van der Waals surface area contributed by atoms with E-state index in [1.165, 1.54) is 0 Å². The highest BCUT2D eigenvalue weighted by atomic mass is 32.2. The molecule has 0 amide bonds. The number of hydrogen-bond donors (Lipinski definition) is 1. The van der Waals surface area contributed by atoms with E-state index < -0.39 is 11.0 Å². The standard InChI is InChI=1S/C17H21NO3S/c1-11-8-12(2)10-14(9-11)18-22(19)16-7-6-15(20-4)13(3)17(16)21-5/h6-10,18H,1-5H3. The second kappa shape index (κ2) is 6.83. The molecular weight excluding hydrogens is 298 g/mol. The molecule has 0 fully saturated rings. The molecule has 0 heterocycles. The fourth-order valence-corrected chi connectivity index (χ4v) is 3.50. The fraction of sp³-hybridized carbons (Fsp3) is 0.294. The van der Waals surface area contributed by atoms with E-state index >= 15 is 0 Å². The van der Waals surface area contributed by atoms with Gasteiger partial charge in [0.05, 0.1) is 14.2 Å². The van der Waals surface area contributed by atoms with E-state index in [0.29, 0.717) is 16.4 Å². The van der Waals surface area contributed by atoms with E-state index in [1.807, 2.05) is 32.9 Å². The van der Waals surface area contributed by atoms with Gasteiger partial charge in [-0.2, -0.15) is 0 Å². The summed E-state index contributed by atoms with van der Waals surface area (Å²) in [5.74, 6) is 1.29. The van der Waals surface area contributed by atoms with Crippen molar-refractivity contribution in [3.63, 3.8) is 0 Å². The molecule has 0 spiro atoms. The molecule has 1 unspecified atom stereocenters. The summed E-state index contributed by atoms with van der Waals surface area (Å²) >= 11 is 0. The molecule has 4 nitrogen and oxygen atoms in total. The van der Waals surface area contributed by atoms with Crippen molar-refractivity contribution < 1.29 is 13.7 Å². The molecule has 0 bridgehead atoms. The van der Waals surface area contributed by atoms with Gasteiger partial charge in [0, 0.05) is 11.3 Å². The monoisotopic (exact) mass is 319 g/mol. The molecule has 1 atom stereocenters. The minimum Gasteiger partial charge on any atom is -0.496 e. The summed E-state index contributed by atoms with van der Waals surface area (Å²) in [5, 5.41) is 0. The maximum absolute atomic E-state index is 12.6. The minimum atomic E-state index is -1.41. The second-order valence-corrected chi connectivity index (χ2v) is 6.35. The Morgan fingerprint density at radius 1 is 0.955 bits per heavy atom. The van der Waals surface area contributed by atoms with Gasteiger partial charge < -0.3 is 14.2 Å². The van der Waals surface area contributed by atoms with Crippen LogP contribution in [0.15, 0.2) is 35.2 Å². The lowest BCUT2D eigenvalue weighted by atomic mass is 10.1. The van der Waals surface area contributed by atoms with Gasteiger partial charge in [-0.15, -0.1) is 0 Å². The Hall–Kier alpha value is -2.01. The van der Waals surface area contributed by atoms with E-state index in [-0.39, 0.29) is 0 Å². The average molecular weight is 319 g/mol. The number of hydrogen-bond acceptors (Lipinski definition) is 3. The van der Waals surface area contributed by atoms with Gasteiger partial charge in [-0.05, 0) is 56.2 Å². The van der Waals surface area contributed by atoms with Crippen molar-refractivity contribution >= 4 is 16.7 Å². The number of ether oxygens (including phenoxy) is 2. The Balaban J connectivity index is 2.35. The largest absolute Gasteiger partial charge is 0.496 e. The van der Waals surface area contributed by atoms with E-state index in [2.05, 4.69) is 10.8 Å². The van der Waals surface area contributed by atoms with E-state index in [0.717, 1.165) is 22.4 Å². The second-order valence-electron chi connectivity index (χ2n) is 5.17. The molecule has 0 aliphatic heterocycles. The first-order chi connectivity index (χ1) is 10.5. The molecule has 22 heavy (non-hydrogen) atoms. The SMILES string of the molecule is COc1ccc(S(=O)Nc2cc(C)cc(C)c2)c(OC)c1C. The molecule has 5 heteroatoms. The predicted octanol–water partition coefficient (Wildman–Crippen LogP) is 3.76. The van der Waals surface area contributed by atoms with Crippen molar-refractivity contribution in [2.75, 3.05) is 18.9 Å². The van der Waals surface area contributed by atoms with Crippen LogP contribution in [0, 0.1) is 20.8 Å². The van der Waals surface area contributed by atoms with E-state index in [4.69, 9.17) is 9.47 Å². The summed E-state index contributed by atoms with van der Waals surface area (Å²) in [6.07, 6.45) is 0. The highest BCUT2D eigenvalue weighted by Crippen LogP contribution is 2.33. The Morgan fingerprint density at radius 3 is 2.14 bits per heavy atom. The fourth-order valence-electron chi connectivity index (χ4n) is 2.47. The van der Waals surface area contributed by atoms with Crippen LogP contribution in [0.5, 0.6) is 11.5 Å². The molecule has 0 aliphatic carbocycles. The van der Waals surface area contributed by atoms with Crippen molar-refractivity contribution in [2.45, 2.75) is 25.7 Å². The number of aryl methyl sites for hydroxylation is 2. The van der Waals surface area contributed by atoms with Crippen LogP contribution in [0.4, 0.5) is 5.69 Å². The van der Waals surface area contributed by atoms with Crippen LogP contribution in [-0.2, 0) is 11.0 Å². The first-order valence-corrected chi connectivity index (χ1v) is 8.09. The summed E-state index contributed by atoms with van der Waals surface area (Å²) in [6.45, 7) is 5.91. The topological polar surface area (TPSA) is 47.6 Å². The third kappa shape index (κ3) is 3.42. The maximum Gasteiger partial charge on any atom is 0.154 e. The molecule has 0 aliphatic rings. The molecule has 0 saturated carbocycles. The van der Waals surface area contributed by atoms with Crippen LogP contribution >= 0.6 is 0 Å². The maximum atomic E-state index is 12.6. The summed E-state index contributed by atoms with van der Waals surface area (Å²) in [7, 11) is 1.76. The molecular formula is C17H21NO3S. The average Bonchev–Trinajstić information content (AvgIpc) is 2.45. The first-order valence-electron chi connectivity index (χ1n) is 6.94. The highest BCUT2D eigenvalue weighted by molar-refractivity contribution is 7.86. The number of nitrogens with one attached hydrogen (secondary N) is 1. The van der Waals surface area contributed by atoms with Crippen molar-refractivity contribution in [1.82, 2.24) is 0 Å². The molecule has 0 radical (unpaired) electrons. The van der Waals surface area contributed by atoms with Crippen molar-refractivity contribution in [2.24, 2.45) is 0 Å². The lowest BCUT2D eigenvalue weighted by molar-refractivity contribution is 0.381. The number of rotatable bonds is 5. The number of benzene rings is 2. The Morgan fingerprint density at radius 2 is 1.59 bits per heavy atom. The molecule has 2 rings (SSSR count). The van der Waals surface area contributed by atoms with Gasteiger partial charge in [0.2, 0.25) is 0 Å². The molecule has 0 aromatic heterocycles. The zero-order valence-corrected chi connectivity index (χ0v) is 14.3. The van der Waals surface area contributed by atoms with Crippen molar-refractivity contribution in [3.8, 4) is 11.5 Å². The van der Waals surface area contributed by atoms with Crippen LogP contribution in [0.2, 0.25) is 0 Å². The highest BCUT2D eigenvalue weighted by Gasteiger charge is 2.16. The lowest BCUT2D eigenvalue weighted by Gasteiger charge is -2.15. The first kappa shape index (κ1) is 16.4. The summed E-state index contributed by atoms with van der Waals surface area (Å²) in [6, 6.07) is 9.57. The van der Waals surface area contributed by atoms with Crippen LogP contribution in [0.25, 0.3) is 0 Å². The zero-order chi connectivity index (χ0) is 16.3. The van der Waals surface area contributed by atoms with Gasteiger partial charge in [-0.1, -0.05) is 6.07 Å². The van der Waals surface area contributed by atoms with Gasteiger partial charge in [0.25, 0.3) is 0 Å². The minimum absolute atomic E-state index is 0.578. The van der Waals surface area contributed by atoms with Gasteiger partial charge in [-0.25, -0.2) is 4.21 Å². The van der Waals surface area contributed by atoms with Gasteiger partial charge in [-0.3, -0.25) is 0 Å². The Labute approximate surface area is 134 Å². The molecule has 2 aromatic carbocycles. The summed E-state index contributed by atoms with van der Waals surface area (Å²) < 4.78 is 26.4. The van der Waals surface area contributed by atoms with E-state index in [1.54, 1.807) is 26.4 Å².